The summed E-state index contributed by atoms with van der Waals surface area (Å²) in [7, 11) is 0. The quantitative estimate of drug-likeness (QED) is 0.327. The van der Waals surface area contributed by atoms with Gasteiger partial charge in [0.1, 0.15) is 5.82 Å². The van der Waals surface area contributed by atoms with Gasteiger partial charge in [0.25, 0.3) is 0 Å². The van der Waals surface area contributed by atoms with E-state index in [1.54, 1.807) is 30.0 Å². The number of thiazole rings is 1. The van der Waals surface area contributed by atoms with Crippen molar-refractivity contribution < 1.29 is 14.3 Å². The summed E-state index contributed by atoms with van der Waals surface area (Å²) in [5.41, 5.74) is 3.10. The summed E-state index contributed by atoms with van der Waals surface area (Å²) in [6.07, 6.45) is 2.87. The Morgan fingerprint density at radius 1 is 1.06 bits per heavy atom. The molecule has 31 heavy (non-hydrogen) atoms. The lowest BCUT2D eigenvalue weighted by Gasteiger charge is -2.22. The van der Waals surface area contributed by atoms with Crippen LogP contribution in [0, 0.1) is 5.82 Å². The van der Waals surface area contributed by atoms with E-state index in [4.69, 9.17) is 5.11 Å². The molecule has 1 N–H and O–H groups in total. The molecule has 4 aromatic rings. The summed E-state index contributed by atoms with van der Waals surface area (Å²) < 4.78 is 14.8. The van der Waals surface area contributed by atoms with Gasteiger partial charge in [0.05, 0.1) is 15.8 Å². The Kier molecular flexibility index (Phi) is 6.53. The number of anilines is 1. The molecule has 0 aliphatic carbocycles. The summed E-state index contributed by atoms with van der Waals surface area (Å²) in [4.78, 5) is 19.1. The first-order valence-electron chi connectivity index (χ1n) is 9.78. The SMILES string of the molecule is CSc1ccc(CCN(Cc2ccc(C(=O)O)cc2)c2nc3cccc(F)c3s2)cc1. The fraction of sp³-hybridized carbons (Fsp3) is 0.167. The van der Waals surface area contributed by atoms with Crippen molar-refractivity contribution in [3.8, 4) is 0 Å². The smallest absolute Gasteiger partial charge is 0.335 e. The van der Waals surface area contributed by atoms with Crippen molar-refractivity contribution in [3.63, 3.8) is 0 Å². The molecule has 7 heteroatoms. The summed E-state index contributed by atoms with van der Waals surface area (Å²) >= 11 is 3.05. The van der Waals surface area contributed by atoms with E-state index >= 15 is 0 Å². The number of carboxylic acid groups (broad SMARTS) is 1. The van der Waals surface area contributed by atoms with Crippen molar-refractivity contribution in [2.24, 2.45) is 0 Å². The number of benzene rings is 3. The highest BCUT2D eigenvalue weighted by Crippen LogP contribution is 2.31. The van der Waals surface area contributed by atoms with E-state index in [2.05, 4.69) is 40.4 Å². The lowest BCUT2D eigenvalue weighted by molar-refractivity contribution is 0.0697. The highest BCUT2D eigenvalue weighted by Gasteiger charge is 2.15. The van der Waals surface area contributed by atoms with Crippen molar-refractivity contribution in [2.45, 2.75) is 17.9 Å². The van der Waals surface area contributed by atoms with Gasteiger partial charge in [-0.1, -0.05) is 41.7 Å². The summed E-state index contributed by atoms with van der Waals surface area (Å²) in [5.74, 6) is -1.21. The number of hydrogen-bond donors (Lipinski definition) is 1. The van der Waals surface area contributed by atoms with Crippen molar-refractivity contribution >= 4 is 44.4 Å². The average molecular weight is 453 g/mol. The second kappa shape index (κ2) is 9.49. The van der Waals surface area contributed by atoms with Crippen LogP contribution in [0.5, 0.6) is 0 Å². The van der Waals surface area contributed by atoms with Gasteiger partial charge in [0, 0.05) is 18.0 Å². The van der Waals surface area contributed by atoms with Crippen molar-refractivity contribution in [3.05, 3.63) is 89.2 Å². The van der Waals surface area contributed by atoms with Crippen LogP contribution >= 0.6 is 23.1 Å². The number of thioether (sulfide) groups is 1. The first-order chi connectivity index (χ1) is 15.0. The maximum atomic E-state index is 14.2. The molecule has 0 fully saturated rings. The standard InChI is InChI=1S/C24H21FN2O2S2/c1-30-19-11-7-16(8-12-19)13-14-27(15-17-5-9-18(10-6-17)23(28)29)24-26-21-4-2-3-20(25)22(21)31-24/h2-12H,13-15H2,1H3,(H,28,29). The minimum Gasteiger partial charge on any atom is -0.478 e. The van der Waals surface area contributed by atoms with E-state index in [-0.39, 0.29) is 11.4 Å². The van der Waals surface area contributed by atoms with E-state index in [1.807, 2.05) is 18.2 Å². The molecule has 0 aliphatic heterocycles. The monoisotopic (exact) mass is 452 g/mol. The molecule has 4 rings (SSSR count). The molecular weight excluding hydrogens is 431 g/mol. The van der Waals surface area contributed by atoms with E-state index < -0.39 is 5.97 Å². The van der Waals surface area contributed by atoms with Crippen LogP contribution in [0.15, 0.2) is 71.6 Å². The van der Waals surface area contributed by atoms with E-state index in [0.717, 1.165) is 17.1 Å². The van der Waals surface area contributed by atoms with E-state index in [1.165, 1.54) is 27.9 Å². The lowest BCUT2D eigenvalue weighted by Crippen LogP contribution is -2.25. The Bertz CT molecular complexity index is 1190. The van der Waals surface area contributed by atoms with Crippen LogP contribution in [0.1, 0.15) is 21.5 Å². The largest absolute Gasteiger partial charge is 0.478 e. The average Bonchev–Trinajstić information content (AvgIpc) is 3.23. The molecule has 158 valence electrons. The van der Waals surface area contributed by atoms with Crippen molar-refractivity contribution in [2.75, 3.05) is 17.7 Å². The van der Waals surface area contributed by atoms with Gasteiger partial charge >= 0.3 is 5.97 Å². The fourth-order valence-electron chi connectivity index (χ4n) is 3.31. The summed E-state index contributed by atoms with van der Waals surface area (Å²) in [5, 5.41) is 9.89. The molecule has 0 amide bonds. The Balaban J connectivity index is 1.60. The summed E-state index contributed by atoms with van der Waals surface area (Å²) in [6.45, 7) is 1.27. The number of halogens is 1. The van der Waals surface area contributed by atoms with Gasteiger partial charge in [-0.3, -0.25) is 0 Å². The Labute approximate surface area is 188 Å². The number of rotatable bonds is 8. The Morgan fingerprint density at radius 3 is 2.42 bits per heavy atom. The van der Waals surface area contributed by atoms with Crippen LogP contribution < -0.4 is 4.90 Å². The normalized spacial score (nSPS) is 11.0. The maximum Gasteiger partial charge on any atom is 0.335 e. The molecule has 3 aromatic carbocycles. The Hall–Kier alpha value is -2.90. The van der Waals surface area contributed by atoms with Gasteiger partial charge in [-0.05, 0) is 60.2 Å². The zero-order valence-corrected chi connectivity index (χ0v) is 18.5. The second-order valence-corrected chi connectivity index (χ2v) is 8.96. The molecule has 0 aliphatic rings. The van der Waals surface area contributed by atoms with Crippen molar-refractivity contribution in [1.82, 2.24) is 4.98 Å². The van der Waals surface area contributed by atoms with Crippen LogP contribution in [0.4, 0.5) is 9.52 Å². The molecule has 0 spiro atoms. The fourth-order valence-corrected chi connectivity index (χ4v) is 4.71. The number of hydrogen-bond acceptors (Lipinski definition) is 5. The lowest BCUT2D eigenvalue weighted by atomic mass is 10.1. The first-order valence-corrected chi connectivity index (χ1v) is 11.8. The summed E-state index contributed by atoms with van der Waals surface area (Å²) in [6, 6.07) is 20.3. The maximum absolute atomic E-state index is 14.2. The van der Waals surface area contributed by atoms with Crippen LogP contribution in [0.2, 0.25) is 0 Å². The molecule has 0 bridgehead atoms. The number of carboxylic acids is 1. The molecule has 1 heterocycles. The molecule has 4 nitrogen and oxygen atoms in total. The first kappa shape index (κ1) is 21.3. The van der Waals surface area contributed by atoms with E-state index in [9.17, 15) is 9.18 Å². The van der Waals surface area contributed by atoms with Crippen LogP contribution in [0.25, 0.3) is 10.2 Å². The molecular formula is C24H21FN2O2S2. The molecule has 0 unspecified atom stereocenters. The minimum absolute atomic E-state index is 0.256. The van der Waals surface area contributed by atoms with Gasteiger partial charge in [0.2, 0.25) is 0 Å². The third-order valence-corrected chi connectivity index (χ3v) is 6.91. The highest BCUT2D eigenvalue weighted by molar-refractivity contribution is 7.98. The minimum atomic E-state index is -0.946. The zero-order valence-electron chi connectivity index (χ0n) is 16.9. The molecule has 0 saturated carbocycles. The molecule has 0 atom stereocenters. The number of aromatic nitrogens is 1. The van der Waals surface area contributed by atoms with E-state index in [0.29, 0.717) is 23.3 Å². The Morgan fingerprint density at radius 2 is 1.77 bits per heavy atom. The van der Waals surface area contributed by atoms with Gasteiger partial charge in [-0.25, -0.2) is 14.2 Å². The number of nitrogens with zero attached hydrogens (tertiary/aromatic N) is 2. The van der Waals surface area contributed by atoms with Gasteiger partial charge in [-0.15, -0.1) is 11.8 Å². The van der Waals surface area contributed by atoms with Gasteiger partial charge in [-0.2, -0.15) is 0 Å². The number of aromatic carboxylic acids is 1. The zero-order chi connectivity index (χ0) is 21.8. The topological polar surface area (TPSA) is 53.4 Å². The number of fused-ring (bicyclic) bond motifs is 1. The third kappa shape index (κ3) is 5.06. The number of carbonyl (C=O) groups is 1. The highest BCUT2D eigenvalue weighted by atomic mass is 32.2. The molecule has 0 saturated heterocycles. The van der Waals surface area contributed by atoms with Crippen LogP contribution in [0.3, 0.4) is 0 Å². The van der Waals surface area contributed by atoms with Crippen LogP contribution in [-0.2, 0) is 13.0 Å². The van der Waals surface area contributed by atoms with Gasteiger partial charge < -0.3 is 10.0 Å². The van der Waals surface area contributed by atoms with Crippen LogP contribution in [-0.4, -0.2) is 28.9 Å². The predicted molar refractivity (Wildman–Crippen MR) is 126 cm³/mol. The molecule has 0 radical (unpaired) electrons. The molecule has 1 aromatic heterocycles. The predicted octanol–water partition coefficient (Wildman–Crippen LogP) is 6.10. The third-order valence-electron chi connectivity index (χ3n) is 5.03. The van der Waals surface area contributed by atoms with Gasteiger partial charge in [0.15, 0.2) is 5.13 Å². The van der Waals surface area contributed by atoms with Crippen molar-refractivity contribution in [1.29, 1.82) is 0 Å². The second-order valence-electron chi connectivity index (χ2n) is 7.11.